The molecule has 4 rings (SSSR count). The van der Waals surface area contributed by atoms with Gasteiger partial charge in [0, 0.05) is 51.5 Å². The highest BCUT2D eigenvalue weighted by Crippen LogP contribution is 2.23. The smallest absolute Gasteiger partial charge is 0.244 e. The summed E-state index contributed by atoms with van der Waals surface area (Å²) < 4.78 is 27.3. The molecule has 2 aliphatic rings. The van der Waals surface area contributed by atoms with Crippen LogP contribution in [0.4, 0.5) is 5.82 Å². The van der Waals surface area contributed by atoms with Crippen LogP contribution in [0.2, 0.25) is 0 Å². The number of sulfonamides is 1. The molecule has 0 amide bonds. The third-order valence-corrected chi connectivity index (χ3v) is 8.21. The Morgan fingerprint density at radius 2 is 1.70 bits per heavy atom. The monoisotopic (exact) mass is 428 g/mol. The highest BCUT2D eigenvalue weighted by Gasteiger charge is 2.27. The van der Waals surface area contributed by atoms with E-state index in [9.17, 15) is 8.42 Å². The van der Waals surface area contributed by atoms with E-state index in [-0.39, 0.29) is 0 Å². The molecule has 2 saturated heterocycles. The van der Waals surface area contributed by atoms with Gasteiger partial charge in [-0.25, -0.2) is 13.4 Å². The molecule has 30 heavy (non-hydrogen) atoms. The summed E-state index contributed by atoms with van der Waals surface area (Å²) in [5.74, 6) is 0.862. The Balaban J connectivity index is 1.42. The fourth-order valence-electron chi connectivity index (χ4n) is 4.35. The fraction of sp³-hybridized carbons (Fsp3) is 0.522. The molecule has 0 bridgehead atoms. The van der Waals surface area contributed by atoms with Crippen LogP contribution in [0.15, 0.2) is 53.6 Å². The van der Waals surface area contributed by atoms with Crippen molar-refractivity contribution >= 4 is 15.8 Å². The molecule has 2 aromatic rings. The van der Waals surface area contributed by atoms with Gasteiger partial charge in [0.25, 0.3) is 0 Å². The lowest BCUT2D eigenvalue weighted by molar-refractivity contribution is 0.212. The van der Waals surface area contributed by atoms with E-state index in [1.165, 1.54) is 11.8 Å². The van der Waals surface area contributed by atoms with Gasteiger partial charge in [0.2, 0.25) is 10.0 Å². The van der Waals surface area contributed by atoms with Crippen LogP contribution in [0.3, 0.4) is 0 Å². The van der Waals surface area contributed by atoms with Crippen molar-refractivity contribution in [3.05, 3.63) is 54.2 Å². The quantitative estimate of drug-likeness (QED) is 0.731. The predicted octanol–water partition coefficient (Wildman–Crippen LogP) is 3.36. The summed E-state index contributed by atoms with van der Waals surface area (Å²) in [6, 6.07) is 14.7. The zero-order valence-electron chi connectivity index (χ0n) is 17.8. The second-order valence-electron chi connectivity index (χ2n) is 8.40. The first-order valence-electron chi connectivity index (χ1n) is 11.0. The number of pyridine rings is 1. The van der Waals surface area contributed by atoms with Gasteiger partial charge in [0.15, 0.2) is 0 Å². The third kappa shape index (κ3) is 4.85. The van der Waals surface area contributed by atoms with Crippen LogP contribution >= 0.6 is 0 Å². The zero-order chi connectivity index (χ0) is 21.0. The maximum absolute atomic E-state index is 12.9. The molecule has 0 aliphatic carbocycles. The standard InChI is InChI=1S/C23H32N4O2S/c1-20-12-15-25(16-17-26(20)19-21-8-4-2-5-9-21)23-11-10-22(18-24-23)30(28,29)27-13-6-3-7-14-27/h2,4-5,8-11,18,20H,3,6-7,12-17,19H2,1H3. The molecule has 7 heteroatoms. The highest BCUT2D eigenvalue weighted by atomic mass is 32.2. The number of hydrogen-bond acceptors (Lipinski definition) is 5. The van der Waals surface area contributed by atoms with E-state index in [1.54, 1.807) is 10.4 Å². The number of rotatable bonds is 5. The molecule has 3 heterocycles. The molecule has 1 aromatic carbocycles. The number of piperidine rings is 1. The van der Waals surface area contributed by atoms with E-state index in [4.69, 9.17) is 0 Å². The van der Waals surface area contributed by atoms with Crippen LogP contribution in [0.5, 0.6) is 0 Å². The Bertz CT molecular complexity index is 912. The zero-order valence-corrected chi connectivity index (χ0v) is 18.6. The average Bonchev–Trinajstić information content (AvgIpc) is 2.97. The van der Waals surface area contributed by atoms with Crippen molar-refractivity contribution in [1.82, 2.24) is 14.2 Å². The molecule has 6 nitrogen and oxygen atoms in total. The molecule has 162 valence electrons. The minimum absolute atomic E-state index is 0.307. The number of aromatic nitrogens is 1. The Hall–Kier alpha value is -1.96. The van der Waals surface area contributed by atoms with Gasteiger partial charge in [-0.3, -0.25) is 4.90 Å². The van der Waals surface area contributed by atoms with Crippen LogP contribution < -0.4 is 4.90 Å². The van der Waals surface area contributed by atoms with Gasteiger partial charge >= 0.3 is 0 Å². The summed E-state index contributed by atoms with van der Waals surface area (Å²) in [5, 5.41) is 0. The number of hydrogen-bond donors (Lipinski definition) is 0. The largest absolute Gasteiger partial charge is 0.355 e. The Kier molecular flexibility index (Phi) is 6.71. The topological polar surface area (TPSA) is 56.8 Å². The molecule has 1 unspecified atom stereocenters. The van der Waals surface area contributed by atoms with E-state index in [0.717, 1.165) is 57.7 Å². The van der Waals surface area contributed by atoms with Crippen molar-refractivity contribution < 1.29 is 8.42 Å². The SMILES string of the molecule is CC1CCN(c2ccc(S(=O)(=O)N3CCCCC3)cn2)CCN1Cc1ccccc1. The van der Waals surface area contributed by atoms with Gasteiger partial charge in [-0.1, -0.05) is 36.8 Å². The molecule has 2 fully saturated rings. The third-order valence-electron chi connectivity index (χ3n) is 6.32. The van der Waals surface area contributed by atoms with Crippen molar-refractivity contribution in [2.24, 2.45) is 0 Å². The number of nitrogens with zero attached hydrogens (tertiary/aromatic N) is 4. The first-order chi connectivity index (χ1) is 14.5. The molecule has 0 N–H and O–H groups in total. The summed E-state index contributed by atoms with van der Waals surface area (Å²) in [7, 11) is -3.42. The van der Waals surface area contributed by atoms with E-state index in [2.05, 4.69) is 52.0 Å². The fourth-order valence-corrected chi connectivity index (χ4v) is 5.82. The predicted molar refractivity (Wildman–Crippen MR) is 120 cm³/mol. The van der Waals surface area contributed by atoms with Gasteiger partial charge < -0.3 is 4.90 Å². The Morgan fingerprint density at radius 3 is 2.40 bits per heavy atom. The molecule has 1 aromatic heterocycles. The second kappa shape index (κ2) is 9.45. The maximum Gasteiger partial charge on any atom is 0.244 e. The summed E-state index contributed by atoms with van der Waals surface area (Å²) in [5.41, 5.74) is 1.34. The van der Waals surface area contributed by atoms with Crippen molar-refractivity contribution in [3.63, 3.8) is 0 Å². The molecule has 0 radical (unpaired) electrons. The highest BCUT2D eigenvalue weighted by molar-refractivity contribution is 7.89. The van der Waals surface area contributed by atoms with Gasteiger partial charge in [0.1, 0.15) is 10.7 Å². The first kappa shape index (κ1) is 21.3. The summed E-state index contributed by atoms with van der Waals surface area (Å²) >= 11 is 0. The van der Waals surface area contributed by atoms with E-state index < -0.39 is 10.0 Å². The van der Waals surface area contributed by atoms with Crippen molar-refractivity contribution in [1.29, 1.82) is 0 Å². The Labute approximate surface area is 180 Å². The van der Waals surface area contributed by atoms with Crippen LogP contribution in [-0.4, -0.2) is 61.4 Å². The van der Waals surface area contributed by atoms with Crippen LogP contribution in [-0.2, 0) is 16.6 Å². The summed E-state index contributed by atoms with van der Waals surface area (Å²) in [6.45, 7) is 7.26. The van der Waals surface area contributed by atoms with Crippen LogP contribution in [0, 0.1) is 0 Å². The van der Waals surface area contributed by atoms with Gasteiger partial charge in [-0.2, -0.15) is 4.31 Å². The maximum atomic E-state index is 12.9. The average molecular weight is 429 g/mol. The molecule has 0 saturated carbocycles. The summed E-state index contributed by atoms with van der Waals surface area (Å²) in [4.78, 5) is 9.64. The first-order valence-corrected chi connectivity index (χ1v) is 12.5. The number of anilines is 1. The minimum Gasteiger partial charge on any atom is -0.355 e. The lowest BCUT2D eigenvalue weighted by atomic mass is 10.1. The molecule has 0 spiro atoms. The summed E-state index contributed by atoms with van der Waals surface area (Å²) in [6.07, 6.45) is 5.59. The van der Waals surface area contributed by atoms with E-state index in [0.29, 0.717) is 24.0 Å². The normalized spacial score (nSPS) is 22.0. The van der Waals surface area contributed by atoms with Crippen molar-refractivity contribution in [2.45, 2.75) is 50.1 Å². The van der Waals surface area contributed by atoms with Crippen molar-refractivity contribution in [2.75, 3.05) is 37.6 Å². The second-order valence-corrected chi connectivity index (χ2v) is 10.3. The lowest BCUT2D eigenvalue weighted by Gasteiger charge is -2.27. The molecule has 1 atom stereocenters. The van der Waals surface area contributed by atoms with Gasteiger partial charge in [-0.05, 0) is 43.9 Å². The van der Waals surface area contributed by atoms with E-state index in [1.807, 2.05) is 6.07 Å². The van der Waals surface area contributed by atoms with Gasteiger partial charge in [-0.15, -0.1) is 0 Å². The molecular weight excluding hydrogens is 396 g/mol. The van der Waals surface area contributed by atoms with Gasteiger partial charge in [0.05, 0.1) is 0 Å². The van der Waals surface area contributed by atoms with Crippen molar-refractivity contribution in [3.8, 4) is 0 Å². The van der Waals surface area contributed by atoms with E-state index >= 15 is 0 Å². The lowest BCUT2D eigenvalue weighted by Crippen LogP contribution is -2.35. The Morgan fingerprint density at radius 1 is 0.933 bits per heavy atom. The minimum atomic E-state index is -3.42. The molecular formula is C23H32N4O2S. The van der Waals surface area contributed by atoms with Crippen LogP contribution in [0.1, 0.15) is 38.2 Å². The number of benzene rings is 1. The molecule has 2 aliphatic heterocycles. The van der Waals surface area contributed by atoms with Crippen LogP contribution in [0.25, 0.3) is 0 Å².